The number of unbranched alkanes of at least 4 members (excludes halogenated alkanes) is 2. The molecule has 1 aliphatic carbocycles. The molecule has 2 aliphatic rings. The van der Waals surface area contributed by atoms with Gasteiger partial charge in [-0.2, -0.15) is 0 Å². The lowest BCUT2D eigenvalue weighted by molar-refractivity contribution is 0.137. The van der Waals surface area contributed by atoms with Gasteiger partial charge >= 0.3 is 0 Å². The summed E-state index contributed by atoms with van der Waals surface area (Å²) in [6.07, 6.45) is 9.26. The molecule has 2 heteroatoms. The van der Waals surface area contributed by atoms with E-state index >= 15 is 0 Å². The SMILES string of the molecule is CCCCCc1cc(O)c2c(c1)OC(C)(C)C1=C2CCCC1. The maximum absolute atomic E-state index is 10.6. The lowest BCUT2D eigenvalue weighted by atomic mass is 9.77. The highest BCUT2D eigenvalue weighted by atomic mass is 16.5. The van der Waals surface area contributed by atoms with Gasteiger partial charge in [-0.3, -0.25) is 0 Å². The molecule has 2 nitrogen and oxygen atoms in total. The largest absolute Gasteiger partial charge is 0.507 e. The van der Waals surface area contributed by atoms with Crippen LogP contribution in [0.1, 0.15) is 76.8 Å². The summed E-state index contributed by atoms with van der Waals surface area (Å²) < 4.78 is 6.30. The molecular weight excluding hydrogens is 272 g/mol. The summed E-state index contributed by atoms with van der Waals surface area (Å²) in [7, 11) is 0. The van der Waals surface area contributed by atoms with E-state index in [1.165, 1.54) is 48.8 Å². The van der Waals surface area contributed by atoms with Crippen molar-refractivity contribution in [2.45, 2.75) is 77.7 Å². The lowest BCUT2D eigenvalue weighted by Crippen LogP contribution is -2.35. The molecule has 3 rings (SSSR count). The fraction of sp³-hybridized carbons (Fsp3) is 0.600. The Labute approximate surface area is 134 Å². The summed E-state index contributed by atoms with van der Waals surface area (Å²) in [5.74, 6) is 1.30. The van der Waals surface area contributed by atoms with Gasteiger partial charge in [0.15, 0.2) is 0 Å². The molecule has 0 saturated carbocycles. The summed E-state index contributed by atoms with van der Waals surface area (Å²) in [5, 5.41) is 10.6. The fourth-order valence-corrected chi connectivity index (χ4v) is 3.95. The van der Waals surface area contributed by atoms with Crippen LogP contribution in [0.25, 0.3) is 5.57 Å². The molecule has 0 atom stereocenters. The van der Waals surface area contributed by atoms with Crippen molar-refractivity contribution >= 4 is 5.57 Å². The number of aryl methyl sites for hydroxylation is 1. The van der Waals surface area contributed by atoms with Gasteiger partial charge in [0, 0.05) is 0 Å². The summed E-state index contributed by atoms with van der Waals surface area (Å²) in [5.41, 5.74) is 4.65. The van der Waals surface area contributed by atoms with Gasteiger partial charge in [0.2, 0.25) is 0 Å². The number of phenols is 1. The Morgan fingerprint density at radius 2 is 1.91 bits per heavy atom. The van der Waals surface area contributed by atoms with E-state index < -0.39 is 0 Å². The predicted octanol–water partition coefficient (Wildman–Crippen LogP) is 5.62. The van der Waals surface area contributed by atoms with Gasteiger partial charge < -0.3 is 9.84 Å². The van der Waals surface area contributed by atoms with E-state index in [9.17, 15) is 5.11 Å². The van der Waals surface area contributed by atoms with Crippen molar-refractivity contribution in [3.63, 3.8) is 0 Å². The van der Waals surface area contributed by atoms with Gasteiger partial charge in [-0.05, 0) is 81.2 Å². The minimum absolute atomic E-state index is 0.239. The molecule has 0 aromatic heterocycles. The molecular formula is C20H28O2. The summed E-state index contributed by atoms with van der Waals surface area (Å²) in [6.45, 7) is 6.54. The van der Waals surface area contributed by atoms with Crippen LogP contribution < -0.4 is 4.74 Å². The molecule has 1 heterocycles. The zero-order chi connectivity index (χ0) is 15.7. The molecule has 0 unspecified atom stereocenters. The third-order valence-corrected chi connectivity index (χ3v) is 5.07. The molecule has 120 valence electrons. The predicted molar refractivity (Wildman–Crippen MR) is 91.4 cm³/mol. The van der Waals surface area contributed by atoms with Crippen molar-refractivity contribution in [3.05, 3.63) is 28.8 Å². The van der Waals surface area contributed by atoms with E-state index in [0.717, 1.165) is 30.6 Å². The molecule has 1 aromatic rings. The van der Waals surface area contributed by atoms with Gasteiger partial charge in [-0.1, -0.05) is 19.8 Å². The van der Waals surface area contributed by atoms with E-state index in [4.69, 9.17) is 4.74 Å². The number of allylic oxidation sites excluding steroid dienone is 1. The number of phenolic OH excluding ortho intramolecular Hbond substituents is 1. The molecule has 0 saturated heterocycles. The molecule has 1 aromatic carbocycles. The van der Waals surface area contributed by atoms with Crippen molar-refractivity contribution in [1.82, 2.24) is 0 Å². The maximum Gasteiger partial charge on any atom is 0.132 e. The molecule has 0 spiro atoms. The first-order valence-electron chi connectivity index (χ1n) is 8.80. The first kappa shape index (κ1) is 15.5. The molecule has 22 heavy (non-hydrogen) atoms. The second-order valence-electron chi connectivity index (χ2n) is 7.22. The number of rotatable bonds is 4. The Morgan fingerprint density at radius 1 is 1.14 bits per heavy atom. The summed E-state index contributed by atoms with van der Waals surface area (Å²) >= 11 is 0. The average Bonchev–Trinajstić information content (AvgIpc) is 2.46. The van der Waals surface area contributed by atoms with Gasteiger partial charge in [-0.25, -0.2) is 0 Å². The Hall–Kier alpha value is -1.44. The molecule has 0 radical (unpaired) electrons. The van der Waals surface area contributed by atoms with Crippen LogP contribution in [0.2, 0.25) is 0 Å². The number of hydrogen-bond acceptors (Lipinski definition) is 2. The maximum atomic E-state index is 10.6. The van der Waals surface area contributed by atoms with Gasteiger partial charge in [0.05, 0.1) is 5.56 Å². The monoisotopic (exact) mass is 300 g/mol. The number of fused-ring (bicyclic) bond motifs is 2. The summed E-state index contributed by atoms with van der Waals surface area (Å²) in [6, 6.07) is 4.11. The van der Waals surface area contributed by atoms with Crippen molar-refractivity contribution in [2.24, 2.45) is 0 Å². The molecule has 1 N–H and O–H groups in total. The van der Waals surface area contributed by atoms with Crippen LogP contribution in [0.15, 0.2) is 17.7 Å². The van der Waals surface area contributed by atoms with E-state index in [-0.39, 0.29) is 5.60 Å². The average molecular weight is 300 g/mol. The van der Waals surface area contributed by atoms with Crippen LogP contribution in [0.5, 0.6) is 11.5 Å². The number of benzene rings is 1. The Bertz CT molecular complexity index is 596. The first-order chi connectivity index (χ1) is 10.5. The minimum atomic E-state index is -0.239. The molecule has 0 amide bonds. The normalized spacial score (nSPS) is 19.4. The first-order valence-corrected chi connectivity index (χ1v) is 8.80. The van der Waals surface area contributed by atoms with Crippen molar-refractivity contribution in [1.29, 1.82) is 0 Å². The zero-order valence-electron chi connectivity index (χ0n) is 14.2. The third-order valence-electron chi connectivity index (χ3n) is 5.07. The van der Waals surface area contributed by atoms with E-state index in [2.05, 4.69) is 26.8 Å². The highest BCUT2D eigenvalue weighted by Crippen LogP contribution is 2.50. The smallest absolute Gasteiger partial charge is 0.132 e. The fourth-order valence-electron chi connectivity index (χ4n) is 3.95. The second kappa shape index (κ2) is 5.98. The zero-order valence-corrected chi connectivity index (χ0v) is 14.2. The topological polar surface area (TPSA) is 29.5 Å². The highest BCUT2D eigenvalue weighted by molar-refractivity contribution is 5.81. The molecule has 0 bridgehead atoms. The Kier molecular flexibility index (Phi) is 4.20. The quantitative estimate of drug-likeness (QED) is 0.731. The van der Waals surface area contributed by atoms with E-state index in [1.807, 2.05) is 6.07 Å². The van der Waals surface area contributed by atoms with Gasteiger partial charge in [-0.15, -0.1) is 0 Å². The van der Waals surface area contributed by atoms with Crippen LogP contribution in [-0.2, 0) is 6.42 Å². The van der Waals surface area contributed by atoms with Gasteiger partial charge in [0.1, 0.15) is 17.1 Å². The highest BCUT2D eigenvalue weighted by Gasteiger charge is 2.37. The number of hydrogen-bond donors (Lipinski definition) is 1. The molecule has 1 aliphatic heterocycles. The van der Waals surface area contributed by atoms with E-state index in [0.29, 0.717) is 5.75 Å². The van der Waals surface area contributed by atoms with Crippen molar-refractivity contribution < 1.29 is 9.84 Å². The number of ether oxygens (including phenoxy) is 1. The van der Waals surface area contributed by atoms with Crippen LogP contribution in [0.4, 0.5) is 0 Å². The van der Waals surface area contributed by atoms with Crippen LogP contribution in [0, 0.1) is 0 Å². The van der Waals surface area contributed by atoms with Crippen molar-refractivity contribution in [2.75, 3.05) is 0 Å². The second-order valence-corrected chi connectivity index (χ2v) is 7.22. The lowest BCUT2D eigenvalue weighted by Gasteiger charge is -2.39. The Balaban J connectivity index is 2.00. The van der Waals surface area contributed by atoms with E-state index in [1.54, 1.807) is 0 Å². The summed E-state index contributed by atoms with van der Waals surface area (Å²) in [4.78, 5) is 0. The third kappa shape index (κ3) is 2.76. The van der Waals surface area contributed by atoms with Crippen LogP contribution in [0.3, 0.4) is 0 Å². The van der Waals surface area contributed by atoms with Crippen LogP contribution in [-0.4, -0.2) is 10.7 Å². The minimum Gasteiger partial charge on any atom is -0.507 e. The standard InChI is InChI=1S/C20H28O2/c1-4-5-6-9-14-12-17(21)19-15-10-7-8-11-16(15)20(2,3)22-18(19)13-14/h12-13,21H,4-11H2,1-3H3. The van der Waals surface area contributed by atoms with Crippen molar-refractivity contribution in [3.8, 4) is 11.5 Å². The Morgan fingerprint density at radius 3 is 2.68 bits per heavy atom. The van der Waals surface area contributed by atoms with Crippen LogP contribution >= 0.6 is 0 Å². The number of aromatic hydroxyl groups is 1. The molecule has 0 fully saturated rings. The van der Waals surface area contributed by atoms with Gasteiger partial charge in [0.25, 0.3) is 0 Å².